The van der Waals surface area contributed by atoms with Crippen molar-refractivity contribution in [3.8, 4) is 11.5 Å². The molecule has 0 aliphatic heterocycles. The predicted molar refractivity (Wildman–Crippen MR) is 106 cm³/mol. The zero-order chi connectivity index (χ0) is 20.4. The summed E-state index contributed by atoms with van der Waals surface area (Å²) in [5.41, 5.74) is 8.28. The number of nitrogen functional groups attached to an aromatic ring is 1. The second-order valence-electron chi connectivity index (χ2n) is 6.59. The zero-order valence-corrected chi connectivity index (χ0v) is 16.3. The molecule has 0 saturated carbocycles. The first kappa shape index (κ1) is 18.8. The van der Waals surface area contributed by atoms with E-state index in [9.17, 15) is 9.90 Å². The van der Waals surface area contributed by atoms with Crippen molar-refractivity contribution in [3.05, 3.63) is 64.3 Å². The van der Waals surface area contributed by atoms with Crippen molar-refractivity contribution in [1.29, 1.82) is 0 Å². The SMILES string of the molecule is Cc1nc(-c2cc(Cn3cnc(C(Cc4ccc(N)nc4)C(=O)O)c3)no2)cs1. The maximum atomic E-state index is 11.8. The van der Waals surface area contributed by atoms with E-state index in [4.69, 9.17) is 10.3 Å². The number of pyridine rings is 1. The van der Waals surface area contributed by atoms with Gasteiger partial charge in [-0.05, 0) is 25.0 Å². The molecular formula is C19H18N6O3S. The lowest BCUT2D eigenvalue weighted by molar-refractivity contribution is -0.138. The summed E-state index contributed by atoms with van der Waals surface area (Å²) in [6.07, 6.45) is 5.16. The van der Waals surface area contributed by atoms with Crippen LogP contribution in [0.5, 0.6) is 0 Å². The van der Waals surface area contributed by atoms with Crippen molar-refractivity contribution < 1.29 is 14.4 Å². The Labute approximate surface area is 169 Å². The Morgan fingerprint density at radius 3 is 2.93 bits per heavy atom. The van der Waals surface area contributed by atoms with E-state index in [0.717, 1.165) is 16.3 Å². The molecule has 10 heteroatoms. The molecule has 3 N–H and O–H groups in total. The zero-order valence-electron chi connectivity index (χ0n) is 15.5. The van der Waals surface area contributed by atoms with E-state index in [2.05, 4.69) is 20.1 Å². The lowest BCUT2D eigenvalue weighted by Gasteiger charge is -2.09. The van der Waals surface area contributed by atoms with Crippen LogP contribution >= 0.6 is 11.3 Å². The molecule has 0 saturated heterocycles. The molecule has 0 aromatic carbocycles. The van der Waals surface area contributed by atoms with Gasteiger partial charge in [0.25, 0.3) is 0 Å². The van der Waals surface area contributed by atoms with E-state index in [1.807, 2.05) is 18.4 Å². The number of hydrogen-bond donors (Lipinski definition) is 2. The van der Waals surface area contributed by atoms with Gasteiger partial charge < -0.3 is 19.9 Å². The molecule has 4 aromatic heterocycles. The molecule has 0 bridgehead atoms. The van der Waals surface area contributed by atoms with Crippen LogP contribution in [-0.4, -0.2) is 35.8 Å². The van der Waals surface area contributed by atoms with Crippen LogP contribution in [0.15, 0.2) is 46.8 Å². The Morgan fingerprint density at radius 1 is 1.38 bits per heavy atom. The van der Waals surface area contributed by atoms with Crippen LogP contribution in [0.4, 0.5) is 5.82 Å². The van der Waals surface area contributed by atoms with Gasteiger partial charge in [0.2, 0.25) is 0 Å². The second-order valence-corrected chi connectivity index (χ2v) is 7.65. The summed E-state index contributed by atoms with van der Waals surface area (Å²) in [6, 6.07) is 5.24. The number of aliphatic carboxylic acids is 1. The summed E-state index contributed by atoms with van der Waals surface area (Å²) in [5, 5.41) is 16.6. The Balaban J connectivity index is 1.48. The molecule has 29 heavy (non-hydrogen) atoms. The second kappa shape index (κ2) is 7.84. The van der Waals surface area contributed by atoms with E-state index in [1.165, 1.54) is 0 Å². The number of carboxylic acid groups (broad SMARTS) is 1. The smallest absolute Gasteiger partial charge is 0.312 e. The third-order valence-corrected chi connectivity index (χ3v) is 5.14. The number of carboxylic acids is 1. The molecule has 4 aromatic rings. The Bertz CT molecular complexity index is 1130. The average molecular weight is 410 g/mol. The van der Waals surface area contributed by atoms with Crippen LogP contribution < -0.4 is 5.73 Å². The largest absolute Gasteiger partial charge is 0.481 e. The van der Waals surface area contributed by atoms with Crippen LogP contribution in [-0.2, 0) is 17.8 Å². The topological polar surface area (TPSA) is 133 Å². The van der Waals surface area contributed by atoms with Crippen molar-refractivity contribution in [2.45, 2.75) is 25.8 Å². The van der Waals surface area contributed by atoms with Crippen LogP contribution in [0.1, 0.15) is 27.9 Å². The highest BCUT2D eigenvalue weighted by atomic mass is 32.1. The van der Waals surface area contributed by atoms with E-state index in [0.29, 0.717) is 29.5 Å². The lowest BCUT2D eigenvalue weighted by atomic mass is 9.98. The molecule has 0 aliphatic rings. The fraction of sp³-hybridized carbons (Fsp3) is 0.211. The lowest BCUT2D eigenvalue weighted by Crippen LogP contribution is -2.15. The average Bonchev–Trinajstić information content (AvgIpc) is 3.43. The van der Waals surface area contributed by atoms with E-state index in [-0.39, 0.29) is 6.42 Å². The first-order chi connectivity index (χ1) is 14.0. The maximum absolute atomic E-state index is 11.8. The number of thiazole rings is 1. The Morgan fingerprint density at radius 2 is 2.24 bits per heavy atom. The highest BCUT2D eigenvalue weighted by Crippen LogP contribution is 2.23. The molecule has 4 heterocycles. The number of aryl methyl sites for hydroxylation is 1. The van der Waals surface area contributed by atoms with Crippen molar-refractivity contribution >= 4 is 23.1 Å². The molecule has 0 spiro atoms. The number of nitrogens with zero attached hydrogens (tertiary/aromatic N) is 5. The quantitative estimate of drug-likeness (QED) is 0.475. The van der Waals surface area contributed by atoms with Gasteiger partial charge in [-0.15, -0.1) is 11.3 Å². The van der Waals surface area contributed by atoms with Crippen LogP contribution in [0.2, 0.25) is 0 Å². The van der Waals surface area contributed by atoms with Gasteiger partial charge in [0.15, 0.2) is 5.76 Å². The first-order valence-electron chi connectivity index (χ1n) is 8.81. The highest BCUT2D eigenvalue weighted by Gasteiger charge is 2.23. The summed E-state index contributed by atoms with van der Waals surface area (Å²) < 4.78 is 7.14. The summed E-state index contributed by atoms with van der Waals surface area (Å²) in [5.74, 6) is -0.740. The van der Waals surface area contributed by atoms with Crippen molar-refractivity contribution in [2.75, 3.05) is 5.73 Å². The normalized spacial score (nSPS) is 12.2. The number of aromatic nitrogens is 5. The number of nitrogens with two attached hydrogens (primary N) is 1. The molecule has 0 radical (unpaired) electrons. The van der Waals surface area contributed by atoms with Gasteiger partial charge in [-0.3, -0.25) is 4.79 Å². The number of carbonyl (C=O) groups is 1. The van der Waals surface area contributed by atoms with Crippen molar-refractivity contribution in [3.63, 3.8) is 0 Å². The Kier molecular flexibility index (Phi) is 5.09. The van der Waals surface area contributed by atoms with Crippen LogP contribution in [0.3, 0.4) is 0 Å². The molecule has 148 valence electrons. The van der Waals surface area contributed by atoms with E-state index >= 15 is 0 Å². The Hall–Kier alpha value is -3.53. The van der Waals surface area contributed by atoms with Gasteiger partial charge in [0, 0.05) is 23.8 Å². The molecule has 0 amide bonds. The summed E-state index contributed by atoms with van der Waals surface area (Å²) in [4.78, 5) is 24.4. The molecule has 4 rings (SSSR count). The molecular weight excluding hydrogens is 392 g/mol. The fourth-order valence-corrected chi connectivity index (χ4v) is 3.53. The standard InChI is InChI=1S/C19H18N6O3S/c1-11-23-16(9-29-11)17-5-13(24-28-17)7-25-8-15(22-10-25)14(19(26)27)4-12-2-3-18(20)21-6-12/h2-3,5-6,8-10,14H,4,7H2,1H3,(H2,20,21)(H,26,27). The number of hydrogen-bond acceptors (Lipinski definition) is 8. The number of imidazole rings is 1. The molecule has 0 aliphatic carbocycles. The first-order valence-corrected chi connectivity index (χ1v) is 9.69. The summed E-state index contributed by atoms with van der Waals surface area (Å²) >= 11 is 1.54. The van der Waals surface area contributed by atoms with Gasteiger partial charge in [-0.25, -0.2) is 15.0 Å². The number of anilines is 1. The molecule has 9 nitrogen and oxygen atoms in total. The van der Waals surface area contributed by atoms with Gasteiger partial charge >= 0.3 is 5.97 Å². The monoisotopic (exact) mass is 410 g/mol. The van der Waals surface area contributed by atoms with Crippen molar-refractivity contribution in [2.24, 2.45) is 0 Å². The number of rotatable bonds is 7. The molecule has 0 fully saturated rings. The molecule has 1 unspecified atom stereocenters. The van der Waals surface area contributed by atoms with Gasteiger partial charge in [-0.1, -0.05) is 11.2 Å². The third kappa shape index (κ3) is 4.32. The van der Waals surface area contributed by atoms with Crippen LogP contribution in [0, 0.1) is 6.92 Å². The summed E-state index contributed by atoms with van der Waals surface area (Å²) in [6.45, 7) is 2.34. The van der Waals surface area contributed by atoms with Gasteiger partial charge in [-0.2, -0.15) is 0 Å². The summed E-state index contributed by atoms with van der Waals surface area (Å²) in [7, 11) is 0. The maximum Gasteiger partial charge on any atom is 0.312 e. The van der Waals surface area contributed by atoms with E-state index in [1.54, 1.807) is 46.8 Å². The van der Waals surface area contributed by atoms with Crippen LogP contribution in [0.25, 0.3) is 11.5 Å². The molecule has 1 atom stereocenters. The third-order valence-electron chi connectivity index (χ3n) is 4.37. The fourth-order valence-electron chi connectivity index (χ4n) is 2.93. The van der Waals surface area contributed by atoms with Gasteiger partial charge in [0.05, 0.1) is 23.6 Å². The predicted octanol–water partition coefficient (Wildman–Crippen LogP) is 2.74. The minimum atomic E-state index is -0.949. The highest BCUT2D eigenvalue weighted by molar-refractivity contribution is 7.09. The minimum absolute atomic E-state index is 0.275. The van der Waals surface area contributed by atoms with Gasteiger partial charge in [0.1, 0.15) is 23.1 Å². The van der Waals surface area contributed by atoms with Crippen molar-refractivity contribution in [1.82, 2.24) is 24.7 Å². The van der Waals surface area contributed by atoms with E-state index < -0.39 is 11.9 Å². The minimum Gasteiger partial charge on any atom is -0.481 e.